The molecular formula is C16H26Br2N2. The average Bonchev–Trinajstić information content (AvgIpc) is 2.48. The molecule has 0 unspecified atom stereocenters. The van der Waals surface area contributed by atoms with Crippen LogP contribution >= 0.6 is 31.9 Å². The highest BCUT2D eigenvalue weighted by Gasteiger charge is 2.10. The maximum absolute atomic E-state index is 3.60. The van der Waals surface area contributed by atoms with Gasteiger partial charge in [0.05, 0.1) is 0 Å². The molecule has 0 aliphatic carbocycles. The molecule has 0 radical (unpaired) electrons. The Morgan fingerprint density at radius 3 is 2.25 bits per heavy atom. The second-order valence-corrected chi connectivity index (χ2v) is 6.34. The molecule has 0 aliphatic rings. The second kappa shape index (κ2) is 9.80. The Morgan fingerprint density at radius 1 is 1.00 bits per heavy atom. The molecule has 1 aromatic rings. The largest absolute Gasteiger partial charge is 0.372 e. The van der Waals surface area contributed by atoms with Crippen molar-refractivity contribution in [3.63, 3.8) is 0 Å². The Kier molecular flexibility index (Phi) is 8.82. The van der Waals surface area contributed by atoms with Gasteiger partial charge in [0.2, 0.25) is 0 Å². The molecule has 0 heterocycles. The number of rotatable bonds is 9. The van der Waals surface area contributed by atoms with E-state index in [1.165, 1.54) is 24.2 Å². The average molecular weight is 406 g/mol. The van der Waals surface area contributed by atoms with E-state index < -0.39 is 0 Å². The molecule has 4 heteroatoms. The maximum atomic E-state index is 3.60. The predicted octanol–water partition coefficient (Wildman–Crippen LogP) is 4.90. The van der Waals surface area contributed by atoms with Crippen LogP contribution in [0.2, 0.25) is 0 Å². The van der Waals surface area contributed by atoms with E-state index in [0.29, 0.717) is 0 Å². The molecule has 2 nitrogen and oxygen atoms in total. The van der Waals surface area contributed by atoms with Crippen LogP contribution < -0.4 is 4.90 Å². The van der Waals surface area contributed by atoms with E-state index >= 15 is 0 Å². The minimum absolute atomic E-state index is 0.897. The lowest BCUT2D eigenvalue weighted by molar-refractivity contribution is 0.300. The van der Waals surface area contributed by atoms with E-state index in [0.717, 1.165) is 36.0 Å². The van der Waals surface area contributed by atoms with Crippen molar-refractivity contribution < 1.29 is 0 Å². The molecule has 0 fully saturated rings. The van der Waals surface area contributed by atoms with Crippen LogP contribution in [-0.4, -0.2) is 37.6 Å². The van der Waals surface area contributed by atoms with Crippen molar-refractivity contribution in [2.75, 3.05) is 37.6 Å². The minimum Gasteiger partial charge on any atom is -0.372 e. The topological polar surface area (TPSA) is 6.48 Å². The number of halogens is 2. The Balaban J connectivity index is 2.66. The molecule has 1 aromatic carbocycles. The third-order valence-electron chi connectivity index (χ3n) is 3.70. The molecule has 0 saturated carbocycles. The van der Waals surface area contributed by atoms with Crippen molar-refractivity contribution in [3.8, 4) is 0 Å². The highest BCUT2D eigenvalue weighted by molar-refractivity contribution is 9.10. The molecule has 20 heavy (non-hydrogen) atoms. The highest BCUT2D eigenvalue weighted by Crippen LogP contribution is 2.26. The van der Waals surface area contributed by atoms with Gasteiger partial charge in [0.15, 0.2) is 0 Å². The van der Waals surface area contributed by atoms with Gasteiger partial charge in [-0.3, -0.25) is 0 Å². The summed E-state index contributed by atoms with van der Waals surface area (Å²) in [6, 6.07) is 6.56. The zero-order valence-corrected chi connectivity index (χ0v) is 16.0. The van der Waals surface area contributed by atoms with Crippen molar-refractivity contribution in [2.45, 2.75) is 32.5 Å². The van der Waals surface area contributed by atoms with Crippen molar-refractivity contribution in [1.29, 1.82) is 0 Å². The van der Waals surface area contributed by atoms with Gasteiger partial charge < -0.3 is 9.80 Å². The fourth-order valence-corrected chi connectivity index (χ4v) is 3.30. The predicted molar refractivity (Wildman–Crippen MR) is 97.1 cm³/mol. The highest BCUT2D eigenvalue weighted by atomic mass is 79.9. The summed E-state index contributed by atoms with van der Waals surface area (Å²) in [7, 11) is 0. The lowest BCUT2D eigenvalue weighted by Crippen LogP contribution is -2.30. The van der Waals surface area contributed by atoms with Gasteiger partial charge in [-0.2, -0.15) is 0 Å². The third-order valence-corrected chi connectivity index (χ3v) is 4.80. The zero-order chi connectivity index (χ0) is 15.0. The van der Waals surface area contributed by atoms with Crippen molar-refractivity contribution >= 4 is 37.5 Å². The summed E-state index contributed by atoms with van der Waals surface area (Å²) < 4.78 is 1.15. The van der Waals surface area contributed by atoms with Crippen LogP contribution in [0.25, 0.3) is 0 Å². The molecule has 0 bridgehead atoms. The van der Waals surface area contributed by atoms with E-state index in [1.807, 2.05) is 0 Å². The number of benzene rings is 1. The molecular weight excluding hydrogens is 380 g/mol. The first kappa shape index (κ1) is 18.0. The van der Waals surface area contributed by atoms with Gasteiger partial charge in [-0.25, -0.2) is 0 Å². The molecule has 114 valence electrons. The van der Waals surface area contributed by atoms with Crippen LogP contribution in [0.3, 0.4) is 0 Å². The summed E-state index contributed by atoms with van der Waals surface area (Å²) in [5, 5.41) is 0.897. The SMILES string of the molecule is CCN(CC)CCCN(CC)c1ccc(Br)cc1CBr. The lowest BCUT2D eigenvalue weighted by Gasteiger charge is -2.27. The molecule has 0 N–H and O–H groups in total. The van der Waals surface area contributed by atoms with Crippen molar-refractivity contribution in [2.24, 2.45) is 0 Å². The van der Waals surface area contributed by atoms with Gasteiger partial charge >= 0.3 is 0 Å². The second-order valence-electron chi connectivity index (χ2n) is 4.87. The van der Waals surface area contributed by atoms with E-state index in [9.17, 15) is 0 Å². The van der Waals surface area contributed by atoms with Gasteiger partial charge in [-0.15, -0.1) is 0 Å². The smallest absolute Gasteiger partial charge is 0.0408 e. The normalized spacial score (nSPS) is 11.1. The van der Waals surface area contributed by atoms with Gasteiger partial charge in [-0.1, -0.05) is 45.7 Å². The Labute approximate surface area is 140 Å². The monoisotopic (exact) mass is 404 g/mol. The van der Waals surface area contributed by atoms with E-state index in [4.69, 9.17) is 0 Å². The first-order valence-electron chi connectivity index (χ1n) is 7.47. The third kappa shape index (κ3) is 5.38. The molecule has 0 saturated heterocycles. The molecule has 0 spiro atoms. The van der Waals surface area contributed by atoms with Gasteiger partial charge in [0.1, 0.15) is 0 Å². The number of hydrogen-bond donors (Lipinski definition) is 0. The molecule has 1 rings (SSSR count). The minimum atomic E-state index is 0.897. The van der Waals surface area contributed by atoms with Crippen LogP contribution in [0.5, 0.6) is 0 Å². The molecule has 0 amide bonds. The summed E-state index contributed by atoms with van der Waals surface area (Å²) in [5.41, 5.74) is 2.70. The number of hydrogen-bond acceptors (Lipinski definition) is 2. The van der Waals surface area contributed by atoms with Crippen molar-refractivity contribution in [1.82, 2.24) is 4.90 Å². The molecule has 0 atom stereocenters. The number of nitrogens with zero attached hydrogens (tertiary/aromatic N) is 2. The summed E-state index contributed by atoms with van der Waals surface area (Å²) in [6.45, 7) is 12.4. The van der Waals surface area contributed by atoms with Crippen LogP contribution in [0.1, 0.15) is 32.8 Å². The Morgan fingerprint density at radius 2 is 1.70 bits per heavy atom. The number of anilines is 1. The van der Waals surface area contributed by atoms with Gasteiger partial charge in [0.25, 0.3) is 0 Å². The Bertz CT molecular complexity index is 392. The van der Waals surface area contributed by atoms with E-state index in [-0.39, 0.29) is 0 Å². The van der Waals surface area contributed by atoms with Crippen LogP contribution in [0.15, 0.2) is 22.7 Å². The molecule has 0 aliphatic heterocycles. The van der Waals surface area contributed by atoms with Crippen LogP contribution in [-0.2, 0) is 5.33 Å². The fraction of sp³-hybridized carbons (Fsp3) is 0.625. The van der Waals surface area contributed by atoms with Crippen molar-refractivity contribution in [3.05, 3.63) is 28.2 Å². The van der Waals surface area contributed by atoms with E-state index in [2.05, 4.69) is 80.6 Å². The summed E-state index contributed by atoms with van der Waals surface area (Å²) in [6.07, 6.45) is 1.22. The summed E-state index contributed by atoms with van der Waals surface area (Å²) in [4.78, 5) is 4.97. The first-order chi connectivity index (χ1) is 9.65. The molecule has 0 aromatic heterocycles. The van der Waals surface area contributed by atoms with Gasteiger partial charge in [-0.05, 0) is 56.7 Å². The quantitative estimate of drug-likeness (QED) is 0.539. The number of alkyl halides is 1. The fourth-order valence-electron chi connectivity index (χ4n) is 2.44. The first-order valence-corrected chi connectivity index (χ1v) is 9.39. The maximum Gasteiger partial charge on any atom is 0.0408 e. The van der Waals surface area contributed by atoms with Gasteiger partial charge in [0, 0.05) is 28.6 Å². The lowest BCUT2D eigenvalue weighted by atomic mass is 10.1. The standard InChI is InChI=1S/C16H26Br2N2/c1-4-19(5-2)10-7-11-20(6-3)16-9-8-15(18)12-14(16)13-17/h8-9,12H,4-7,10-11,13H2,1-3H3. The Hall–Kier alpha value is -0.0600. The summed E-state index contributed by atoms with van der Waals surface area (Å²) in [5.74, 6) is 0. The summed E-state index contributed by atoms with van der Waals surface area (Å²) >= 11 is 7.15. The van der Waals surface area contributed by atoms with Crippen LogP contribution in [0.4, 0.5) is 5.69 Å². The zero-order valence-electron chi connectivity index (χ0n) is 12.8. The van der Waals surface area contributed by atoms with E-state index in [1.54, 1.807) is 0 Å². The van der Waals surface area contributed by atoms with Crippen LogP contribution in [0, 0.1) is 0 Å².